The third-order valence-electron chi connectivity index (χ3n) is 2.28. The van der Waals surface area contributed by atoms with Crippen LogP contribution in [0.4, 0.5) is 5.69 Å². The molecule has 0 aliphatic carbocycles. The minimum absolute atomic E-state index is 0.0530. The van der Waals surface area contributed by atoms with Gasteiger partial charge >= 0.3 is 0 Å². The van der Waals surface area contributed by atoms with Crippen LogP contribution < -0.4 is 5.32 Å². The third kappa shape index (κ3) is 4.74. The number of hydrogen-bond acceptors (Lipinski definition) is 1. The highest BCUT2D eigenvalue weighted by molar-refractivity contribution is 5.92. The second kappa shape index (κ2) is 7.51. The zero-order valence-corrected chi connectivity index (χ0v) is 10.5. The van der Waals surface area contributed by atoms with E-state index in [1.54, 1.807) is 0 Å². The Balaban J connectivity index is 2.78. The first-order valence-electron chi connectivity index (χ1n) is 6.15. The number of hydrogen-bond donors (Lipinski definition) is 1. The number of para-hydroxylation sites is 1. The molecule has 0 fully saturated rings. The van der Waals surface area contributed by atoms with E-state index in [1.165, 1.54) is 0 Å². The van der Waals surface area contributed by atoms with Gasteiger partial charge in [0, 0.05) is 18.4 Å². The van der Waals surface area contributed by atoms with Crippen LogP contribution in [-0.2, 0) is 4.79 Å². The van der Waals surface area contributed by atoms with E-state index in [4.69, 9.17) is 0 Å². The molecule has 0 atom stereocenters. The van der Waals surface area contributed by atoms with Crippen molar-refractivity contribution < 1.29 is 4.79 Å². The Bertz CT molecular complexity index is 426. The van der Waals surface area contributed by atoms with Gasteiger partial charge in [0.1, 0.15) is 0 Å². The van der Waals surface area contributed by atoms with E-state index >= 15 is 0 Å². The molecule has 90 valence electrons. The maximum absolute atomic E-state index is 11.5. The zero-order chi connectivity index (χ0) is 12.5. The summed E-state index contributed by atoms with van der Waals surface area (Å²) < 4.78 is 0. The van der Waals surface area contributed by atoms with Gasteiger partial charge in [-0.05, 0) is 25.0 Å². The van der Waals surface area contributed by atoms with Crippen LogP contribution in [0.15, 0.2) is 24.3 Å². The fourth-order valence-corrected chi connectivity index (χ4v) is 1.42. The highest BCUT2D eigenvalue weighted by Crippen LogP contribution is 2.14. The van der Waals surface area contributed by atoms with Gasteiger partial charge in [0.2, 0.25) is 5.91 Å². The van der Waals surface area contributed by atoms with Gasteiger partial charge in [-0.25, -0.2) is 0 Å². The number of carbonyl (C=O) groups is 1. The van der Waals surface area contributed by atoms with Crippen molar-refractivity contribution in [1.29, 1.82) is 0 Å². The SMILES string of the molecule is CCCC#Cc1ccccc1NC(=O)CCC. The second-order valence-corrected chi connectivity index (χ2v) is 3.90. The number of anilines is 1. The number of benzene rings is 1. The molecular weight excluding hydrogens is 210 g/mol. The van der Waals surface area contributed by atoms with E-state index in [0.29, 0.717) is 6.42 Å². The summed E-state index contributed by atoms with van der Waals surface area (Å²) in [6.07, 6.45) is 3.35. The van der Waals surface area contributed by atoms with E-state index in [0.717, 1.165) is 30.5 Å². The summed E-state index contributed by atoms with van der Waals surface area (Å²) in [6.45, 7) is 4.09. The second-order valence-electron chi connectivity index (χ2n) is 3.90. The van der Waals surface area contributed by atoms with Crippen molar-refractivity contribution in [3.8, 4) is 11.8 Å². The number of amides is 1. The van der Waals surface area contributed by atoms with Gasteiger partial charge in [-0.3, -0.25) is 4.79 Å². The molecule has 1 aromatic rings. The Morgan fingerprint density at radius 1 is 1.24 bits per heavy atom. The molecule has 0 unspecified atom stereocenters. The maximum atomic E-state index is 11.5. The lowest BCUT2D eigenvalue weighted by atomic mass is 10.1. The monoisotopic (exact) mass is 229 g/mol. The molecule has 2 nitrogen and oxygen atoms in total. The lowest BCUT2D eigenvalue weighted by Gasteiger charge is -2.06. The van der Waals surface area contributed by atoms with Crippen molar-refractivity contribution in [3.63, 3.8) is 0 Å². The number of rotatable bonds is 4. The van der Waals surface area contributed by atoms with Crippen molar-refractivity contribution in [3.05, 3.63) is 29.8 Å². The van der Waals surface area contributed by atoms with Crippen LogP contribution >= 0.6 is 0 Å². The molecule has 1 amide bonds. The number of carbonyl (C=O) groups excluding carboxylic acids is 1. The molecule has 2 heteroatoms. The Morgan fingerprint density at radius 2 is 2.00 bits per heavy atom. The van der Waals surface area contributed by atoms with E-state index in [-0.39, 0.29) is 5.91 Å². The summed E-state index contributed by atoms with van der Waals surface area (Å²) in [7, 11) is 0. The average molecular weight is 229 g/mol. The molecule has 0 spiro atoms. The predicted molar refractivity (Wildman–Crippen MR) is 71.8 cm³/mol. The molecule has 1 aromatic carbocycles. The first-order chi connectivity index (χ1) is 8.27. The molecule has 0 radical (unpaired) electrons. The third-order valence-corrected chi connectivity index (χ3v) is 2.28. The molecule has 0 saturated heterocycles. The van der Waals surface area contributed by atoms with E-state index < -0.39 is 0 Å². The Labute approximate surface area is 103 Å². The fourth-order valence-electron chi connectivity index (χ4n) is 1.42. The Kier molecular flexibility index (Phi) is 5.88. The topological polar surface area (TPSA) is 29.1 Å². The number of unbranched alkanes of at least 4 members (excludes halogenated alkanes) is 1. The van der Waals surface area contributed by atoms with Crippen LogP contribution in [0.5, 0.6) is 0 Å². The molecule has 1 N–H and O–H groups in total. The standard InChI is InChI=1S/C15H19NO/c1-3-5-6-10-13-11-7-8-12-14(13)16-15(17)9-4-2/h7-8,11-12H,3-5,9H2,1-2H3,(H,16,17). The zero-order valence-electron chi connectivity index (χ0n) is 10.5. The molecule has 0 bridgehead atoms. The van der Waals surface area contributed by atoms with Crippen LogP contribution in [0.1, 0.15) is 45.1 Å². The van der Waals surface area contributed by atoms with Crippen LogP contribution in [0.2, 0.25) is 0 Å². The smallest absolute Gasteiger partial charge is 0.224 e. The molecule has 17 heavy (non-hydrogen) atoms. The van der Waals surface area contributed by atoms with Crippen molar-refractivity contribution >= 4 is 11.6 Å². The molecule has 0 aliphatic heterocycles. The highest BCUT2D eigenvalue weighted by Gasteiger charge is 2.03. The van der Waals surface area contributed by atoms with Crippen molar-refractivity contribution in [2.45, 2.75) is 39.5 Å². The van der Waals surface area contributed by atoms with Crippen molar-refractivity contribution in [1.82, 2.24) is 0 Å². The van der Waals surface area contributed by atoms with E-state index in [1.807, 2.05) is 31.2 Å². The summed E-state index contributed by atoms with van der Waals surface area (Å²) in [6, 6.07) is 7.67. The van der Waals surface area contributed by atoms with Gasteiger partial charge in [0.15, 0.2) is 0 Å². The lowest BCUT2D eigenvalue weighted by Crippen LogP contribution is -2.11. The molecule has 0 heterocycles. The van der Waals surface area contributed by atoms with Crippen LogP contribution in [0, 0.1) is 11.8 Å². The van der Waals surface area contributed by atoms with Crippen molar-refractivity contribution in [2.75, 3.05) is 5.32 Å². The lowest BCUT2D eigenvalue weighted by molar-refractivity contribution is -0.116. The largest absolute Gasteiger partial charge is 0.325 e. The van der Waals surface area contributed by atoms with Gasteiger partial charge in [-0.2, -0.15) is 0 Å². The fraction of sp³-hybridized carbons (Fsp3) is 0.400. The normalized spacial score (nSPS) is 9.29. The summed E-state index contributed by atoms with van der Waals surface area (Å²) in [5.41, 5.74) is 1.71. The molecule has 1 rings (SSSR count). The minimum atomic E-state index is 0.0530. The molecule has 0 aromatic heterocycles. The first kappa shape index (κ1) is 13.3. The van der Waals surface area contributed by atoms with Gasteiger partial charge in [-0.15, -0.1) is 0 Å². The predicted octanol–water partition coefficient (Wildman–Crippen LogP) is 3.58. The van der Waals surface area contributed by atoms with Gasteiger partial charge in [0.25, 0.3) is 0 Å². The average Bonchev–Trinajstić information content (AvgIpc) is 2.32. The van der Waals surface area contributed by atoms with Crippen LogP contribution in [0.3, 0.4) is 0 Å². The highest BCUT2D eigenvalue weighted by atomic mass is 16.1. The summed E-state index contributed by atoms with van der Waals surface area (Å²) >= 11 is 0. The van der Waals surface area contributed by atoms with Crippen molar-refractivity contribution in [2.24, 2.45) is 0 Å². The van der Waals surface area contributed by atoms with Gasteiger partial charge in [-0.1, -0.05) is 37.8 Å². The molecule has 0 aliphatic rings. The summed E-state index contributed by atoms with van der Waals surface area (Å²) in [5.74, 6) is 6.25. The summed E-state index contributed by atoms with van der Waals surface area (Å²) in [5, 5.41) is 2.90. The number of nitrogens with one attached hydrogen (secondary N) is 1. The van der Waals surface area contributed by atoms with Gasteiger partial charge in [0.05, 0.1) is 5.69 Å². The Morgan fingerprint density at radius 3 is 2.71 bits per heavy atom. The van der Waals surface area contributed by atoms with Crippen LogP contribution in [-0.4, -0.2) is 5.91 Å². The molecule has 0 saturated carbocycles. The Hall–Kier alpha value is -1.75. The van der Waals surface area contributed by atoms with E-state index in [2.05, 4.69) is 24.1 Å². The minimum Gasteiger partial charge on any atom is -0.325 e. The van der Waals surface area contributed by atoms with E-state index in [9.17, 15) is 4.79 Å². The summed E-state index contributed by atoms with van der Waals surface area (Å²) in [4.78, 5) is 11.5. The van der Waals surface area contributed by atoms with Crippen LogP contribution in [0.25, 0.3) is 0 Å². The first-order valence-corrected chi connectivity index (χ1v) is 6.15. The molecular formula is C15H19NO. The van der Waals surface area contributed by atoms with Gasteiger partial charge < -0.3 is 5.32 Å². The quantitative estimate of drug-likeness (QED) is 0.786. The maximum Gasteiger partial charge on any atom is 0.224 e.